The van der Waals surface area contributed by atoms with Gasteiger partial charge in [-0.3, -0.25) is 9.59 Å². The van der Waals surface area contributed by atoms with Crippen molar-refractivity contribution in [2.75, 3.05) is 0 Å². The molecule has 0 fully saturated rings. The molecule has 0 aliphatic carbocycles. The van der Waals surface area contributed by atoms with Gasteiger partial charge in [0.15, 0.2) is 0 Å². The largest absolute Gasteiger partial charge is 0.481 e. The molecular weight excluding hydrogens is 274 g/mol. The van der Waals surface area contributed by atoms with Crippen LogP contribution in [0, 0.1) is 12.3 Å². The summed E-state index contributed by atoms with van der Waals surface area (Å²) in [5.74, 6) is -1.24. The van der Waals surface area contributed by atoms with Crippen molar-refractivity contribution in [3.8, 4) is 0 Å². The van der Waals surface area contributed by atoms with E-state index in [0.29, 0.717) is 0 Å². The van der Waals surface area contributed by atoms with Gasteiger partial charge in [-0.2, -0.15) is 0 Å². The first-order valence-electron chi connectivity index (χ1n) is 6.36. The summed E-state index contributed by atoms with van der Waals surface area (Å²) in [6.45, 7) is 8.62. The number of carbonyl (C=O) groups excluding carboxylic acids is 1. The molecule has 0 spiro atoms. The first kappa shape index (κ1) is 16.4. The number of nitrogens with one attached hydrogen (secondary N) is 1. The van der Waals surface area contributed by atoms with Crippen molar-refractivity contribution < 1.29 is 14.7 Å². The van der Waals surface area contributed by atoms with Crippen LogP contribution in [0.1, 0.15) is 37.4 Å². The van der Waals surface area contributed by atoms with Crippen LogP contribution in [0.2, 0.25) is 0 Å². The maximum Gasteiger partial charge on any atom is 0.311 e. The molecule has 0 aliphatic heterocycles. The van der Waals surface area contributed by atoms with E-state index in [4.69, 9.17) is 0 Å². The summed E-state index contributed by atoms with van der Waals surface area (Å²) in [5, 5.41) is 12.0. The van der Waals surface area contributed by atoms with Gasteiger partial charge in [0.1, 0.15) is 0 Å². The molecule has 0 saturated heterocycles. The van der Waals surface area contributed by atoms with E-state index < -0.39 is 16.9 Å². The minimum Gasteiger partial charge on any atom is -0.481 e. The van der Waals surface area contributed by atoms with E-state index >= 15 is 0 Å². The van der Waals surface area contributed by atoms with Gasteiger partial charge >= 0.3 is 5.97 Å². The van der Waals surface area contributed by atoms with Crippen molar-refractivity contribution in [2.24, 2.45) is 5.41 Å². The third kappa shape index (κ3) is 3.70. The maximum atomic E-state index is 11.9. The lowest BCUT2D eigenvalue weighted by molar-refractivity contribution is -0.151. The van der Waals surface area contributed by atoms with Crippen LogP contribution in [-0.2, 0) is 9.59 Å². The number of aryl methyl sites for hydroxylation is 1. The fourth-order valence-corrected chi connectivity index (χ4v) is 2.25. The molecule has 1 heterocycles. The Morgan fingerprint density at radius 1 is 1.25 bits per heavy atom. The standard InChI is InChI=1S/C15H21NO3S/c1-10-6-7-11(20-10)8-9-12(17)16-15(4,5)14(2,3)13(18)19/h6-9H,1-5H3,(H,16,17)(H,18,19). The summed E-state index contributed by atoms with van der Waals surface area (Å²) in [6.07, 6.45) is 3.17. The number of amides is 1. The Morgan fingerprint density at radius 3 is 2.30 bits per heavy atom. The van der Waals surface area contributed by atoms with Crippen LogP contribution in [-0.4, -0.2) is 22.5 Å². The summed E-state index contributed by atoms with van der Waals surface area (Å²) in [5.41, 5.74) is -1.92. The smallest absolute Gasteiger partial charge is 0.311 e. The highest BCUT2D eigenvalue weighted by molar-refractivity contribution is 7.12. The van der Waals surface area contributed by atoms with Gasteiger partial charge in [0.25, 0.3) is 0 Å². The van der Waals surface area contributed by atoms with Gasteiger partial charge in [0.2, 0.25) is 5.91 Å². The summed E-state index contributed by atoms with van der Waals surface area (Å²) in [6, 6.07) is 3.93. The van der Waals surface area contributed by atoms with E-state index in [1.165, 1.54) is 11.0 Å². The molecule has 0 aromatic carbocycles. The predicted molar refractivity (Wildman–Crippen MR) is 81.7 cm³/mol. The molecule has 0 aliphatic rings. The third-order valence-electron chi connectivity index (χ3n) is 3.69. The van der Waals surface area contributed by atoms with E-state index in [1.807, 2.05) is 19.1 Å². The molecule has 1 rings (SSSR count). The van der Waals surface area contributed by atoms with Crippen LogP contribution in [0.15, 0.2) is 18.2 Å². The average Bonchev–Trinajstić information content (AvgIpc) is 2.71. The van der Waals surface area contributed by atoms with Gasteiger partial charge in [-0.15, -0.1) is 11.3 Å². The summed E-state index contributed by atoms with van der Waals surface area (Å²) < 4.78 is 0. The Morgan fingerprint density at radius 2 is 1.85 bits per heavy atom. The Balaban J connectivity index is 2.75. The first-order valence-corrected chi connectivity index (χ1v) is 7.18. The van der Waals surface area contributed by atoms with Crippen molar-refractivity contribution >= 4 is 29.3 Å². The number of carboxylic acids is 1. The van der Waals surface area contributed by atoms with Gasteiger partial charge in [0.05, 0.1) is 11.0 Å². The molecule has 0 bridgehead atoms. The van der Waals surface area contributed by atoms with E-state index in [9.17, 15) is 14.7 Å². The summed E-state index contributed by atoms with van der Waals surface area (Å²) in [7, 11) is 0. The molecule has 5 heteroatoms. The normalized spacial score (nSPS) is 12.7. The van der Waals surface area contributed by atoms with Crippen LogP contribution in [0.4, 0.5) is 0 Å². The van der Waals surface area contributed by atoms with Crippen LogP contribution in [0.3, 0.4) is 0 Å². The fourth-order valence-electron chi connectivity index (χ4n) is 1.47. The quantitative estimate of drug-likeness (QED) is 0.820. The highest BCUT2D eigenvalue weighted by atomic mass is 32.1. The molecule has 1 amide bonds. The molecule has 0 saturated carbocycles. The lowest BCUT2D eigenvalue weighted by Crippen LogP contribution is -2.56. The third-order valence-corrected chi connectivity index (χ3v) is 4.66. The molecule has 0 unspecified atom stereocenters. The zero-order valence-corrected chi connectivity index (χ0v) is 13.3. The molecule has 1 aromatic rings. The molecule has 110 valence electrons. The minimum absolute atomic E-state index is 0.296. The maximum absolute atomic E-state index is 11.9. The molecule has 4 nitrogen and oxygen atoms in total. The number of hydrogen-bond donors (Lipinski definition) is 2. The minimum atomic E-state index is -1.06. The van der Waals surface area contributed by atoms with Crippen LogP contribution >= 0.6 is 11.3 Å². The summed E-state index contributed by atoms with van der Waals surface area (Å²) >= 11 is 1.60. The Bertz CT molecular complexity index is 541. The van der Waals surface area contributed by atoms with E-state index in [0.717, 1.165) is 4.88 Å². The van der Waals surface area contributed by atoms with Crippen LogP contribution in [0.25, 0.3) is 6.08 Å². The second kappa shape index (κ2) is 5.79. The second-order valence-corrected chi connectivity index (χ2v) is 7.15. The van der Waals surface area contributed by atoms with Gasteiger partial charge in [-0.1, -0.05) is 0 Å². The number of carboxylic acid groups (broad SMARTS) is 1. The SMILES string of the molecule is Cc1ccc(C=CC(=O)NC(C)(C)C(C)(C)C(=O)O)s1. The van der Waals surface area contributed by atoms with Crippen molar-refractivity contribution in [1.82, 2.24) is 5.32 Å². The van der Waals surface area contributed by atoms with Gasteiger partial charge in [0, 0.05) is 15.8 Å². The second-order valence-electron chi connectivity index (χ2n) is 5.83. The van der Waals surface area contributed by atoms with Crippen molar-refractivity contribution in [1.29, 1.82) is 0 Å². The lowest BCUT2D eigenvalue weighted by Gasteiger charge is -2.38. The predicted octanol–water partition coefficient (Wildman–Crippen LogP) is 3.08. The molecule has 1 aromatic heterocycles. The van der Waals surface area contributed by atoms with Gasteiger partial charge in [-0.25, -0.2) is 0 Å². The number of carbonyl (C=O) groups is 2. The Labute approximate surface area is 123 Å². The Hall–Kier alpha value is -1.62. The Kier molecular flexibility index (Phi) is 4.76. The van der Waals surface area contributed by atoms with E-state index in [-0.39, 0.29) is 5.91 Å². The first-order chi connectivity index (χ1) is 9.06. The number of hydrogen-bond acceptors (Lipinski definition) is 3. The van der Waals surface area contributed by atoms with Gasteiger partial charge in [-0.05, 0) is 52.8 Å². The molecule has 0 radical (unpaired) electrons. The van der Waals surface area contributed by atoms with Crippen molar-refractivity contribution in [3.63, 3.8) is 0 Å². The zero-order valence-electron chi connectivity index (χ0n) is 12.5. The zero-order chi connectivity index (χ0) is 15.6. The van der Waals surface area contributed by atoms with E-state index in [2.05, 4.69) is 5.32 Å². The van der Waals surface area contributed by atoms with E-state index in [1.54, 1.807) is 45.1 Å². The number of rotatable bonds is 5. The summed E-state index contributed by atoms with van der Waals surface area (Å²) in [4.78, 5) is 25.4. The van der Waals surface area contributed by atoms with Crippen molar-refractivity contribution in [2.45, 2.75) is 40.2 Å². The number of thiophene rings is 1. The highest BCUT2D eigenvalue weighted by Crippen LogP contribution is 2.30. The molecule has 2 N–H and O–H groups in total. The molecular formula is C15H21NO3S. The van der Waals surface area contributed by atoms with Gasteiger partial charge < -0.3 is 10.4 Å². The number of aliphatic carboxylic acids is 1. The van der Waals surface area contributed by atoms with Crippen LogP contribution in [0.5, 0.6) is 0 Å². The van der Waals surface area contributed by atoms with Crippen molar-refractivity contribution in [3.05, 3.63) is 28.0 Å². The average molecular weight is 295 g/mol. The fraction of sp³-hybridized carbons (Fsp3) is 0.467. The lowest BCUT2D eigenvalue weighted by atomic mass is 9.74. The monoisotopic (exact) mass is 295 g/mol. The topological polar surface area (TPSA) is 66.4 Å². The molecule has 20 heavy (non-hydrogen) atoms. The highest BCUT2D eigenvalue weighted by Gasteiger charge is 2.44. The van der Waals surface area contributed by atoms with Crippen LogP contribution < -0.4 is 5.32 Å². The molecule has 0 atom stereocenters.